The van der Waals surface area contributed by atoms with Crippen molar-refractivity contribution in [3.63, 3.8) is 0 Å². The van der Waals surface area contributed by atoms with Crippen LogP contribution in [0.5, 0.6) is 0 Å². The van der Waals surface area contributed by atoms with E-state index in [1.165, 1.54) is 0 Å². The fourth-order valence-corrected chi connectivity index (χ4v) is 5.88. The highest BCUT2D eigenvalue weighted by Crippen LogP contribution is 2.47. The number of hydrogen-bond donors (Lipinski definition) is 3. The van der Waals surface area contributed by atoms with Gasteiger partial charge in [0.05, 0.1) is 0 Å². The topological polar surface area (TPSA) is 116 Å². The molecule has 2 aromatic rings. The number of likely N-dealkylation sites (tertiary alicyclic amines) is 1. The van der Waals surface area contributed by atoms with E-state index >= 15 is 0 Å². The van der Waals surface area contributed by atoms with Gasteiger partial charge in [0.2, 0.25) is 0 Å². The van der Waals surface area contributed by atoms with E-state index in [0.29, 0.717) is 0 Å². The maximum atomic E-state index is 13.0. The van der Waals surface area contributed by atoms with Crippen molar-refractivity contribution in [1.82, 2.24) is 10.2 Å². The molecule has 1 saturated heterocycles. The number of carboxylic acid groups (broad SMARTS) is 2. The molecule has 8 heteroatoms. The van der Waals surface area contributed by atoms with Crippen LogP contribution in [0.25, 0.3) is 0 Å². The summed E-state index contributed by atoms with van der Waals surface area (Å²) < 4.78 is 5.41. The lowest BCUT2D eigenvalue weighted by molar-refractivity contribution is -0.154. The Labute approximate surface area is 218 Å². The van der Waals surface area contributed by atoms with E-state index in [4.69, 9.17) is 4.74 Å². The molecular formula is C29H38N2O6. The van der Waals surface area contributed by atoms with Gasteiger partial charge in [-0.25, -0.2) is 9.59 Å². The standard InChI is InChI=1S/C29H38N2O6/c1-6-23-28(24(32)33,30-26(36)37-27(3,4)5)19-31(29(23,7-2)25(34)35)18-22(20-14-10-8-11-15-20)21-16-12-9-13-17-21/h8-17,22-23H,6-7,18-19H2,1-5H3,(H,30,36)(H,32,33)(H,34,35)/t23?,28-,29+/m0/s1. The SMILES string of the molecule is CCC1[C@](CC)(C(=O)O)N(CC(c2ccccc2)c2ccccc2)C[C@@]1(NC(=O)OC(C)(C)C)C(=O)O. The monoisotopic (exact) mass is 510 g/mol. The Bertz CT molecular complexity index is 1060. The second-order valence-corrected chi connectivity index (χ2v) is 10.7. The number of nitrogens with one attached hydrogen (secondary N) is 1. The molecule has 1 aliphatic heterocycles. The highest BCUT2D eigenvalue weighted by atomic mass is 16.6. The number of aliphatic carboxylic acids is 2. The van der Waals surface area contributed by atoms with Crippen LogP contribution in [0.1, 0.15) is 64.5 Å². The molecule has 1 aliphatic rings. The van der Waals surface area contributed by atoms with Gasteiger partial charge in [0.1, 0.15) is 11.1 Å². The number of benzene rings is 2. The van der Waals surface area contributed by atoms with E-state index < -0.39 is 40.6 Å². The van der Waals surface area contributed by atoms with Gasteiger partial charge < -0.3 is 20.3 Å². The second kappa shape index (κ2) is 10.9. The van der Waals surface area contributed by atoms with Crippen molar-refractivity contribution in [2.24, 2.45) is 5.92 Å². The molecule has 3 atom stereocenters. The van der Waals surface area contributed by atoms with Crippen molar-refractivity contribution in [2.45, 2.75) is 70.1 Å². The molecule has 0 radical (unpaired) electrons. The summed E-state index contributed by atoms with van der Waals surface area (Å²) in [5.74, 6) is -3.49. The molecular weight excluding hydrogens is 472 g/mol. The zero-order valence-electron chi connectivity index (χ0n) is 22.2. The summed E-state index contributed by atoms with van der Waals surface area (Å²) in [5, 5.41) is 23.8. The number of alkyl carbamates (subject to hydrolysis) is 1. The first-order valence-electron chi connectivity index (χ1n) is 12.7. The third kappa shape index (κ3) is 5.49. The molecule has 3 N–H and O–H groups in total. The lowest BCUT2D eigenvalue weighted by Crippen LogP contribution is -2.63. The smallest absolute Gasteiger partial charge is 0.408 e. The minimum absolute atomic E-state index is 0.169. The third-order valence-corrected chi connectivity index (χ3v) is 7.41. The molecule has 1 unspecified atom stereocenters. The van der Waals surface area contributed by atoms with E-state index in [2.05, 4.69) is 5.32 Å². The molecule has 0 spiro atoms. The van der Waals surface area contributed by atoms with Gasteiger partial charge in [-0.05, 0) is 44.7 Å². The average molecular weight is 511 g/mol. The summed E-state index contributed by atoms with van der Waals surface area (Å²) in [6.45, 7) is 8.69. The van der Waals surface area contributed by atoms with Crippen LogP contribution >= 0.6 is 0 Å². The Balaban J connectivity index is 2.13. The normalized spacial score (nSPS) is 24.1. The molecule has 0 aromatic heterocycles. The van der Waals surface area contributed by atoms with E-state index in [-0.39, 0.29) is 31.8 Å². The maximum absolute atomic E-state index is 13.0. The highest BCUT2D eigenvalue weighted by molar-refractivity contribution is 5.90. The van der Waals surface area contributed by atoms with Gasteiger partial charge in [-0.3, -0.25) is 9.69 Å². The largest absolute Gasteiger partial charge is 0.480 e. The summed E-state index contributed by atoms with van der Waals surface area (Å²) in [7, 11) is 0. The Morgan fingerprint density at radius 2 is 1.49 bits per heavy atom. The Morgan fingerprint density at radius 3 is 1.86 bits per heavy atom. The molecule has 2 aromatic carbocycles. The molecule has 1 amide bonds. The lowest BCUT2D eigenvalue weighted by atomic mass is 9.72. The Morgan fingerprint density at radius 1 is 0.973 bits per heavy atom. The van der Waals surface area contributed by atoms with Gasteiger partial charge in [0.15, 0.2) is 5.54 Å². The van der Waals surface area contributed by atoms with Crippen LogP contribution in [0.15, 0.2) is 60.7 Å². The van der Waals surface area contributed by atoms with E-state index in [9.17, 15) is 24.6 Å². The zero-order chi connectivity index (χ0) is 27.4. The number of nitrogens with zero attached hydrogens (tertiary/aromatic N) is 1. The number of carbonyl (C=O) groups excluding carboxylic acids is 1. The van der Waals surface area contributed by atoms with Crippen LogP contribution < -0.4 is 5.32 Å². The highest BCUT2D eigenvalue weighted by Gasteiger charge is 2.67. The maximum Gasteiger partial charge on any atom is 0.408 e. The molecule has 3 rings (SSSR count). The van der Waals surface area contributed by atoms with Crippen LogP contribution in [0.2, 0.25) is 0 Å². The second-order valence-electron chi connectivity index (χ2n) is 10.7. The number of amides is 1. The molecule has 1 fully saturated rings. The molecule has 200 valence electrons. The summed E-state index contributed by atoms with van der Waals surface area (Å²) in [4.78, 5) is 40.6. The van der Waals surface area contributed by atoms with Gasteiger partial charge in [-0.2, -0.15) is 0 Å². The minimum atomic E-state index is -1.84. The molecule has 0 aliphatic carbocycles. The fraction of sp³-hybridized carbons (Fsp3) is 0.483. The van der Waals surface area contributed by atoms with Crippen molar-refractivity contribution in [1.29, 1.82) is 0 Å². The van der Waals surface area contributed by atoms with E-state index in [1.54, 1.807) is 39.5 Å². The first-order chi connectivity index (χ1) is 17.4. The van der Waals surface area contributed by atoms with Crippen molar-refractivity contribution < 1.29 is 29.3 Å². The summed E-state index contributed by atoms with van der Waals surface area (Å²) in [5.41, 5.74) is -2.22. The van der Waals surface area contributed by atoms with Gasteiger partial charge >= 0.3 is 18.0 Å². The third-order valence-electron chi connectivity index (χ3n) is 7.41. The van der Waals surface area contributed by atoms with Crippen molar-refractivity contribution in [3.05, 3.63) is 71.8 Å². The van der Waals surface area contributed by atoms with Crippen LogP contribution in [-0.2, 0) is 14.3 Å². The molecule has 0 bridgehead atoms. The Hall–Kier alpha value is -3.39. The number of hydrogen-bond acceptors (Lipinski definition) is 5. The predicted octanol–water partition coefficient (Wildman–Crippen LogP) is 4.74. The van der Waals surface area contributed by atoms with Gasteiger partial charge in [0.25, 0.3) is 0 Å². The summed E-state index contributed by atoms with van der Waals surface area (Å²) >= 11 is 0. The first-order valence-corrected chi connectivity index (χ1v) is 12.7. The van der Waals surface area contributed by atoms with E-state index in [0.717, 1.165) is 11.1 Å². The van der Waals surface area contributed by atoms with Crippen molar-refractivity contribution in [2.75, 3.05) is 13.1 Å². The molecule has 8 nitrogen and oxygen atoms in total. The number of carboxylic acids is 2. The Kier molecular flexibility index (Phi) is 8.32. The van der Waals surface area contributed by atoms with Crippen LogP contribution in [-0.4, -0.2) is 62.9 Å². The number of carbonyl (C=O) groups is 3. The average Bonchev–Trinajstić information content (AvgIpc) is 3.12. The van der Waals surface area contributed by atoms with Crippen molar-refractivity contribution >= 4 is 18.0 Å². The summed E-state index contributed by atoms with van der Waals surface area (Å²) in [6.07, 6.45) is -0.476. The molecule has 37 heavy (non-hydrogen) atoms. The number of ether oxygens (including phenoxy) is 1. The van der Waals surface area contributed by atoms with Gasteiger partial charge in [-0.1, -0.05) is 74.5 Å². The predicted molar refractivity (Wildman–Crippen MR) is 140 cm³/mol. The molecule has 0 saturated carbocycles. The van der Waals surface area contributed by atoms with Gasteiger partial charge in [-0.15, -0.1) is 0 Å². The van der Waals surface area contributed by atoms with Crippen molar-refractivity contribution in [3.8, 4) is 0 Å². The van der Waals surface area contributed by atoms with Crippen LogP contribution in [0, 0.1) is 5.92 Å². The van der Waals surface area contributed by atoms with E-state index in [1.807, 2.05) is 60.7 Å². The lowest BCUT2D eigenvalue weighted by Gasteiger charge is -2.40. The zero-order valence-corrected chi connectivity index (χ0v) is 22.2. The fourth-order valence-electron chi connectivity index (χ4n) is 5.88. The molecule has 1 heterocycles. The first kappa shape index (κ1) is 28.2. The van der Waals surface area contributed by atoms with Crippen LogP contribution in [0.3, 0.4) is 0 Å². The number of rotatable bonds is 9. The summed E-state index contributed by atoms with van der Waals surface area (Å²) in [6, 6.07) is 19.5. The van der Waals surface area contributed by atoms with Crippen LogP contribution in [0.4, 0.5) is 4.79 Å². The van der Waals surface area contributed by atoms with Gasteiger partial charge in [0, 0.05) is 24.9 Å². The quantitative estimate of drug-likeness (QED) is 0.446. The minimum Gasteiger partial charge on any atom is -0.480 e.